The normalized spacial score (nSPS) is 18.9. The van der Waals surface area contributed by atoms with Crippen molar-refractivity contribution in [3.8, 4) is 0 Å². The maximum Gasteiger partial charge on any atom is 0.416 e. The summed E-state index contributed by atoms with van der Waals surface area (Å²) in [5.41, 5.74) is -1.00. The Balaban J connectivity index is 2.05. The molecule has 1 amide bonds. The highest BCUT2D eigenvalue weighted by molar-refractivity contribution is 7.92. The Bertz CT molecular complexity index is 770. The summed E-state index contributed by atoms with van der Waals surface area (Å²) in [4.78, 5) is 11.7. The van der Waals surface area contributed by atoms with Gasteiger partial charge >= 0.3 is 6.18 Å². The third-order valence-corrected chi connectivity index (χ3v) is 7.39. The van der Waals surface area contributed by atoms with Crippen LogP contribution in [0.25, 0.3) is 0 Å². The van der Waals surface area contributed by atoms with Gasteiger partial charge in [-0.05, 0) is 57.9 Å². The molecule has 0 aliphatic carbocycles. The lowest BCUT2D eigenvalue weighted by molar-refractivity contribution is -0.137. The molecule has 152 valence electrons. The van der Waals surface area contributed by atoms with E-state index in [0.717, 1.165) is 44.0 Å². The number of alkyl halides is 3. The Kier molecular flexibility index (Phi) is 6.57. The lowest BCUT2D eigenvalue weighted by Crippen LogP contribution is -2.47. The second-order valence-electron chi connectivity index (χ2n) is 7.33. The fraction of sp³-hybridized carbons (Fsp3) is 0.611. The average molecular weight is 406 g/mol. The van der Waals surface area contributed by atoms with Crippen molar-refractivity contribution in [3.05, 3.63) is 29.8 Å². The largest absolute Gasteiger partial charge is 0.416 e. The van der Waals surface area contributed by atoms with Crippen molar-refractivity contribution in [1.82, 2.24) is 10.6 Å². The Morgan fingerprint density at radius 2 is 1.96 bits per heavy atom. The van der Waals surface area contributed by atoms with Crippen LogP contribution in [0, 0.1) is 0 Å². The van der Waals surface area contributed by atoms with Crippen LogP contribution in [0.1, 0.15) is 45.1 Å². The summed E-state index contributed by atoms with van der Waals surface area (Å²) in [5, 5.41) is 5.83. The number of halogens is 3. The van der Waals surface area contributed by atoms with E-state index in [1.54, 1.807) is 0 Å². The predicted octanol–water partition coefficient (Wildman–Crippen LogP) is 2.91. The molecule has 1 aliphatic heterocycles. The number of amides is 1. The summed E-state index contributed by atoms with van der Waals surface area (Å²) in [6, 6.07) is 3.46. The van der Waals surface area contributed by atoms with Gasteiger partial charge in [0.15, 0.2) is 9.84 Å². The molecule has 1 atom stereocenters. The summed E-state index contributed by atoms with van der Waals surface area (Å²) in [6.45, 7) is 3.80. The van der Waals surface area contributed by atoms with E-state index in [1.165, 1.54) is 13.8 Å². The minimum atomic E-state index is -4.61. The Hall–Kier alpha value is -1.61. The van der Waals surface area contributed by atoms with Crippen molar-refractivity contribution in [2.75, 3.05) is 13.1 Å². The molecule has 1 heterocycles. The first-order chi connectivity index (χ1) is 12.4. The summed E-state index contributed by atoms with van der Waals surface area (Å²) in [6.07, 6.45) is -1.81. The van der Waals surface area contributed by atoms with Gasteiger partial charge in [0, 0.05) is 6.54 Å². The fourth-order valence-electron chi connectivity index (χ4n) is 2.98. The van der Waals surface area contributed by atoms with E-state index in [9.17, 15) is 26.4 Å². The highest BCUT2D eigenvalue weighted by atomic mass is 32.2. The lowest BCUT2D eigenvalue weighted by atomic mass is 10.0. The third-order valence-electron chi connectivity index (χ3n) is 4.85. The highest BCUT2D eigenvalue weighted by Crippen LogP contribution is 2.34. The molecule has 0 saturated carbocycles. The molecule has 1 aromatic carbocycles. The monoisotopic (exact) mass is 406 g/mol. The van der Waals surface area contributed by atoms with Gasteiger partial charge in [-0.3, -0.25) is 4.79 Å². The van der Waals surface area contributed by atoms with E-state index in [0.29, 0.717) is 6.07 Å². The maximum atomic E-state index is 12.9. The SMILES string of the molecule is CC(C)(CCNC(=O)[C@H]1CCCCN1)S(=O)(=O)c1cccc(C(F)(F)F)c1. The topological polar surface area (TPSA) is 75.3 Å². The van der Waals surface area contributed by atoms with Crippen LogP contribution in [0.4, 0.5) is 13.2 Å². The smallest absolute Gasteiger partial charge is 0.355 e. The van der Waals surface area contributed by atoms with Gasteiger partial charge in [0.1, 0.15) is 0 Å². The molecule has 5 nitrogen and oxygen atoms in total. The second-order valence-corrected chi connectivity index (χ2v) is 9.92. The number of benzene rings is 1. The molecule has 0 bridgehead atoms. The molecule has 1 aromatic rings. The molecular weight excluding hydrogens is 381 g/mol. The zero-order chi connectivity index (χ0) is 20.3. The van der Waals surface area contributed by atoms with Crippen molar-refractivity contribution in [3.63, 3.8) is 0 Å². The van der Waals surface area contributed by atoms with Crippen LogP contribution in [0.15, 0.2) is 29.2 Å². The van der Waals surface area contributed by atoms with Crippen molar-refractivity contribution < 1.29 is 26.4 Å². The van der Waals surface area contributed by atoms with Crippen molar-refractivity contribution in [2.45, 2.75) is 61.4 Å². The number of rotatable bonds is 6. The van der Waals surface area contributed by atoms with Gasteiger partial charge in [0.25, 0.3) is 0 Å². The van der Waals surface area contributed by atoms with E-state index in [2.05, 4.69) is 10.6 Å². The quantitative estimate of drug-likeness (QED) is 0.762. The molecule has 0 unspecified atom stereocenters. The van der Waals surface area contributed by atoms with E-state index in [-0.39, 0.29) is 29.8 Å². The van der Waals surface area contributed by atoms with Crippen LogP contribution in [0.3, 0.4) is 0 Å². The second kappa shape index (κ2) is 8.18. The molecule has 9 heteroatoms. The first kappa shape index (κ1) is 21.7. The number of nitrogens with one attached hydrogen (secondary N) is 2. The minimum absolute atomic E-state index is 0.0873. The number of sulfone groups is 1. The van der Waals surface area contributed by atoms with Crippen molar-refractivity contribution in [1.29, 1.82) is 0 Å². The van der Waals surface area contributed by atoms with Gasteiger partial charge in [-0.1, -0.05) is 12.5 Å². The molecule has 1 saturated heterocycles. The standard InChI is InChI=1S/C18H25F3N2O3S/c1-17(2,9-11-23-16(24)15-8-3-4-10-22-15)27(25,26)14-7-5-6-13(12-14)18(19,20)21/h5-7,12,15,22H,3-4,8-11H2,1-2H3,(H,23,24)/t15-/m1/s1. The molecule has 27 heavy (non-hydrogen) atoms. The van der Waals surface area contributed by atoms with E-state index in [1.807, 2.05) is 0 Å². The highest BCUT2D eigenvalue weighted by Gasteiger charge is 2.38. The Morgan fingerprint density at radius 3 is 2.56 bits per heavy atom. The molecule has 2 rings (SSSR count). The molecule has 0 radical (unpaired) electrons. The molecule has 1 aliphatic rings. The van der Waals surface area contributed by atoms with Gasteiger partial charge in [-0.25, -0.2) is 8.42 Å². The minimum Gasteiger partial charge on any atom is -0.355 e. The number of carbonyl (C=O) groups is 1. The third kappa shape index (κ3) is 5.22. The average Bonchev–Trinajstić information content (AvgIpc) is 2.61. The van der Waals surface area contributed by atoms with Crippen LogP contribution in [0.2, 0.25) is 0 Å². The van der Waals surface area contributed by atoms with E-state index >= 15 is 0 Å². The number of piperidine rings is 1. The Labute approximate surface area is 157 Å². The van der Waals surface area contributed by atoms with E-state index < -0.39 is 26.3 Å². The first-order valence-electron chi connectivity index (χ1n) is 8.88. The summed E-state index contributed by atoms with van der Waals surface area (Å²) in [7, 11) is -4.01. The molecule has 2 N–H and O–H groups in total. The van der Waals surface area contributed by atoms with E-state index in [4.69, 9.17) is 0 Å². The van der Waals surface area contributed by atoms with Crippen molar-refractivity contribution >= 4 is 15.7 Å². The fourth-order valence-corrected chi connectivity index (χ4v) is 4.53. The van der Waals surface area contributed by atoms with Crippen LogP contribution >= 0.6 is 0 Å². The van der Waals surface area contributed by atoms with Crippen LogP contribution in [-0.2, 0) is 20.8 Å². The van der Waals surface area contributed by atoms with Gasteiger partial charge in [0.05, 0.1) is 21.2 Å². The predicted molar refractivity (Wildman–Crippen MR) is 96.0 cm³/mol. The molecular formula is C18H25F3N2O3S. The zero-order valence-corrected chi connectivity index (χ0v) is 16.2. The maximum absolute atomic E-state index is 12.9. The van der Waals surface area contributed by atoms with Gasteiger partial charge in [-0.15, -0.1) is 0 Å². The van der Waals surface area contributed by atoms with Gasteiger partial charge in [0.2, 0.25) is 5.91 Å². The van der Waals surface area contributed by atoms with Gasteiger partial charge in [-0.2, -0.15) is 13.2 Å². The number of hydrogen-bond acceptors (Lipinski definition) is 4. The van der Waals surface area contributed by atoms with Crippen LogP contribution in [-0.4, -0.2) is 38.2 Å². The molecule has 0 spiro atoms. The van der Waals surface area contributed by atoms with Crippen LogP contribution < -0.4 is 10.6 Å². The van der Waals surface area contributed by atoms with Crippen LogP contribution in [0.5, 0.6) is 0 Å². The summed E-state index contributed by atoms with van der Waals surface area (Å²) >= 11 is 0. The first-order valence-corrected chi connectivity index (χ1v) is 10.4. The zero-order valence-electron chi connectivity index (χ0n) is 15.4. The lowest BCUT2D eigenvalue weighted by Gasteiger charge is -2.27. The van der Waals surface area contributed by atoms with Gasteiger partial charge < -0.3 is 10.6 Å². The molecule has 0 aromatic heterocycles. The number of carbonyl (C=O) groups excluding carboxylic acids is 1. The molecule has 1 fully saturated rings. The summed E-state index contributed by atoms with van der Waals surface area (Å²) < 4.78 is 62.9. The summed E-state index contributed by atoms with van der Waals surface area (Å²) in [5.74, 6) is -0.179. The van der Waals surface area contributed by atoms with Crippen molar-refractivity contribution in [2.24, 2.45) is 0 Å². The Morgan fingerprint density at radius 1 is 1.26 bits per heavy atom. The number of hydrogen-bond donors (Lipinski definition) is 2.